The van der Waals surface area contributed by atoms with Gasteiger partial charge in [0, 0.05) is 30.7 Å². The first kappa shape index (κ1) is 14.3. The van der Waals surface area contributed by atoms with E-state index >= 15 is 0 Å². The lowest BCUT2D eigenvalue weighted by Gasteiger charge is -2.50. The Bertz CT molecular complexity index is 256. The van der Waals surface area contributed by atoms with E-state index in [9.17, 15) is 0 Å². The first-order valence-electron chi connectivity index (χ1n) is 8.16. The molecule has 1 aliphatic heterocycles. The Hall–Kier alpha value is -0.0800. The third-order valence-corrected chi connectivity index (χ3v) is 5.39. The van der Waals surface area contributed by atoms with Crippen molar-refractivity contribution in [3.63, 3.8) is 0 Å². The molecule has 0 spiro atoms. The fourth-order valence-corrected chi connectivity index (χ4v) is 3.67. The van der Waals surface area contributed by atoms with Gasteiger partial charge in [-0.3, -0.25) is 4.90 Å². The maximum atomic E-state index is 3.89. The molecular weight excluding hydrogens is 220 g/mol. The molecule has 1 saturated carbocycles. The van der Waals surface area contributed by atoms with Crippen molar-refractivity contribution >= 4 is 0 Å². The summed E-state index contributed by atoms with van der Waals surface area (Å²) in [5.41, 5.74) is 0.382. The Balaban J connectivity index is 2.07. The summed E-state index contributed by atoms with van der Waals surface area (Å²) in [4.78, 5) is 2.85. The van der Waals surface area contributed by atoms with Crippen LogP contribution in [0, 0.1) is 5.92 Å². The van der Waals surface area contributed by atoms with Crippen molar-refractivity contribution in [2.24, 2.45) is 5.92 Å². The summed E-state index contributed by atoms with van der Waals surface area (Å²) in [6.45, 7) is 11.9. The summed E-state index contributed by atoms with van der Waals surface area (Å²) in [5.74, 6) is 0.989. The number of piperazine rings is 1. The first-order valence-corrected chi connectivity index (χ1v) is 8.16. The third kappa shape index (κ3) is 2.91. The molecule has 0 aromatic rings. The summed E-state index contributed by atoms with van der Waals surface area (Å²) in [7, 11) is 0. The standard InChI is InChI=1S/C16H32N2/c1-5-8-13(4)18-12-16(6-2,7-3)17-11-15(18)14-9-10-14/h13-15,17H,5-12H2,1-4H3. The van der Waals surface area contributed by atoms with Gasteiger partial charge in [-0.1, -0.05) is 27.2 Å². The van der Waals surface area contributed by atoms with Crippen molar-refractivity contribution < 1.29 is 0 Å². The van der Waals surface area contributed by atoms with Crippen molar-refractivity contribution in [1.82, 2.24) is 10.2 Å². The van der Waals surface area contributed by atoms with Gasteiger partial charge in [-0.05, 0) is 44.9 Å². The molecule has 1 heterocycles. The van der Waals surface area contributed by atoms with E-state index in [-0.39, 0.29) is 0 Å². The van der Waals surface area contributed by atoms with E-state index in [1.54, 1.807) is 0 Å². The van der Waals surface area contributed by atoms with Crippen molar-refractivity contribution in [2.45, 2.75) is 83.8 Å². The van der Waals surface area contributed by atoms with Crippen LogP contribution >= 0.6 is 0 Å². The summed E-state index contributed by atoms with van der Waals surface area (Å²) < 4.78 is 0. The Kier molecular flexibility index (Phi) is 4.71. The van der Waals surface area contributed by atoms with Gasteiger partial charge in [0.2, 0.25) is 0 Å². The van der Waals surface area contributed by atoms with Crippen LogP contribution in [0.5, 0.6) is 0 Å². The van der Waals surface area contributed by atoms with Crippen molar-refractivity contribution in [1.29, 1.82) is 0 Å². The van der Waals surface area contributed by atoms with Gasteiger partial charge < -0.3 is 5.32 Å². The molecule has 2 heteroatoms. The molecule has 1 saturated heterocycles. The zero-order chi connectivity index (χ0) is 13.2. The summed E-state index contributed by atoms with van der Waals surface area (Å²) in [6.07, 6.45) is 8.12. The van der Waals surface area contributed by atoms with Crippen LogP contribution in [0.25, 0.3) is 0 Å². The fourth-order valence-electron chi connectivity index (χ4n) is 3.67. The molecule has 2 atom stereocenters. The van der Waals surface area contributed by atoms with Gasteiger partial charge in [0.05, 0.1) is 0 Å². The minimum Gasteiger partial charge on any atom is -0.308 e. The van der Waals surface area contributed by atoms with Gasteiger partial charge in [0.25, 0.3) is 0 Å². The number of hydrogen-bond acceptors (Lipinski definition) is 2. The molecule has 0 radical (unpaired) electrons. The molecule has 0 bridgehead atoms. The van der Waals surface area contributed by atoms with E-state index in [0.29, 0.717) is 5.54 Å². The highest BCUT2D eigenvalue weighted by Gasteiger charge is 2.44. The average molecular weight is 252 g/mol. The van der Waals surface area contributed by atoms with E-state index in [0.717, 1.165) is 18.0 Å². The van der Waals surface area contributed by atoms with Crippen LogP contribution in [0.3, 0.4) is 0 Å². The Morgan fingerprint density at radius 2 is 1.89 bits per heavy atom. The maximum Gasteiger partial charge on any atom is 0.0304 e. The molecule has 106 valence electrons. The highest BCUT2D eigenvalue weighted by atomic mass is 15.3. The van der Waals surface area contributed by atoms with Crippen LogP contribution in [-0.2, 0) is 0 Å². The van der Waals surface area contributed by atoms with E-state index in [1.807, 2.05) is 0 Å². The molecule has 2 aliphatic rings. The quantitative estimate of drug-likeness (QED) is 0.779. The summed E-state index contributed by atoms with van der Waals surface area (Å²) in [5, 5.41) is 3.89. The molecule has 18 heavy (non-hydrogen) atoms. The van der Waals surface area contributed by atoms with Crippen molar-refractivity contribution in [3.05, 3.63) is 0 Å². The van der Waals surface area contributed by atoms with Crippen LogP contribution in [0.2, 0.25) is 0 Å². The Labute approximate surface area is 114 Å². The van der Waals surface area contributed by atoms with Crippen LogP contribution in [0.4, 0.5) is 0 Å². The number of hydrogen-bond donors (Lipinski definition) is 1. The van der Waals surface area contributed by atoms with Gasteiger partial charge >= 0.3 is 0 Å². The SMILES string of the molecule is CCCC(C)N1CC(CC)(CC)NCC1C1CC1. The zero-order valence-corrected chi connectivity index (χ0v) is 12.8. The van der Waals surface area contributed by atoms with E-state index in [1.165, 1.54) is 51.6 Å². The lowest BCUT2D eigenvalue weighted by molar-refractivity contribution is 0.0295. The third-order valence-electron chi connectivity index (χ3n) is 5.39. The normalized spacial score (nSPS) is 30.3. The second-order valence-corrected chi connectivity index (χ2v) is 6.58. The molecule has 1 aliphatic carbocycles. The molecule has 2 fully saturated rings. The largest absolute Gasteiger partial charge is 0.308 e. The zero-order valence-electron chi connectivity index (χ0n) is 12.8. The first-order chi connectivity index (χ1) is 8.65. The van der Waals surface area contributed by atoms with Crippen LogP contribution in [0.15, 0.2) is 0 Å². The summed E-state index contributed by atoms with van der Waals surface area (Å²) in [6, 6.07) is 1.58. The van der Waals surface area contributed by atoms with Crippen LogP contribution < -0.4 is 5.32 Å². The van der Waals surface area contributed by atoms with Crippen LogP contribution in [0.1, 0.15) is 66.2 Å². The van der Waals surface area contributed by atoms with Gasteiger partial charge in [0.1, 0.15) is 0 Å². The smallest absolute Gasteiger partial charge is 0.0304 e. The lowest BCUT2D eigenvalue weighted by atomic mass is 9.86. The monoisotopic (exact) mass is 252 g/mol. The fraction of sp³-hybridized carbons (Fsp3) is 1.00. The number of rotatable bonds is 6. The van der Waals surface area contributed by atoms with Crippen LogP contribution in [-0.4, -0.2) is 35.6 Å². The topological polar surface area (TPSA) is 15.3 Å². The number of nitrogens with one attached hydrogen (secondary N) is 1. The average Bonchev–Trinajstić information content (AvgIpc) is 3.22. The molecule has 2 rings (SSSR count). The van der Waals surface area contributed by atoms with E-state index in [2.05, 4.69) is 37.9 Å². The van der Waals surface area contributed by atoms with Crippen molar-refractivity contribution in [2.75, 3.05) is 13.1 Å². The molecule has 1 N–H and O–H groups in total. The van der Waals surface area contributed by atoms with Gasteiger partial charge in [0.15, 0.2) is 0 Å². The molecule has 0 amide bonds. The highest BCUT2D eigenvalue weighted by Crippen LogP contribution is 2.39. The van der Waals surface area contributed by atoms with E-state index in [4.69, 9.17) is 0 Å². The maximum absolute atomic E-state index is 3.89. The summed E-state index contributed by atoms with van der Waals surface area (Å²) >= 11 is 0. The second-order valence-electron chi connectivity index (χ2n) is 6.58. The Morgan fingerprint density at radius 3 is 2.39 bits per heavy atom. The minimum atomic E-state index is 0.382. The molecule has 0 aromatic heterocycles. The van der Waals surface area contributed by atoms with Gasteiger partial charge in [-0.25, -0.2) is 0 Å². The lowest BCUT2D eigenvalue weighted by Crippen LogP contribution is -2.66. The number of nitrogens with zero attached hydrogens (tertiary/aromatic N) is 1. The predicted molar refractivity (Wildman–Crippen MR) is 78.9 cm³/mol. The van der Waals surface area contributed by atoms with Gasteiger partial charge in [-0.15, -0.1) is 0 Å². The van der Waals surface area contributed by atoms with Gasteiger partial charge in [-0.2, -0.15) is 0 Å². The predicted octanol–water partition coefficient (Wildman–Crippen LogP) is 3.42. The highest BCUT2D eigenvalue weighted by molar-refractivity contribution is 5.02. The molecular formula is C16H32N2. The molecule has 0 aromatic carbocycles. The molecule has 2 nitrogen and oxygen atoms in total. The Morgan fingerprint density at radius 1 is 1.22 bits per heavy atom. The van der Waals surface area contributed by atoms with E-state index < -0.39 is 0 Å². The minimum absolute atomic E-state index is 0.382. The molecule has 2 unspecified atom stereocenters. The van der Waals surface area contributed by atoms with Crippen molar-refractivity contribution in [3.8, 4) is 0 Å². The second kappa shape index (κ2) is 5.92.